The highest BCUT2D eigenvalue weighted by Gasteiger charge is 2.50. The quantitative estimate of drug-likeness (QED) is 0.181. The van der Waals surface area contributed by atoms with Crippen molar-refractivity contribution < 1.29 is 24.1 Å². The van der Waals surface area contributed by atoms with E-state index in [2.05, 4.69) is 121 Å². The van der Waals surface area contributed by atoms with Crippen molar-refractivity contribution in [1.29, 1.82) is 0 Å². The Morgan fingerprint density at radius 2 is 1.05 bits per heavy atom. The van der Waals surface area contributed by atoms with Crippen LogP contribution >= 0.6 is 11.3 Å². The molecule has 5 aromatic carbocycles. The summed E-state index contributed by atoms with van der Waals surface area (Å²) >= 11 is 1.60. The number of ether oxygens (including phenoxy) is 3. The molecule has 7 aliphatic rings. The molecule has 1 aromatic heterocycles. The number of thiophene rings is 1. The van der Waals surface area contributed by atoms with Crippen molar-refractivity contribution in [2.75, 3.05) is 26.4 Å². The van der Waals surface area contributed by atoms with Gasteiger partial charge in [-0.1, -0.05) is 116 Å². The zero-order chi connectivity index (χ0) is 38.6. The lowest BCUT2D eigenvalue weighted by molar-refractivity contribution is -0.143. The minimum absolute atomic E-state index is 0.00336. The molecule has 1 N–H and O–H groups in total. The molecule has 6 aromatic rings. The highest BCUT2D eigenvalue weighted by molar-refractivity contribution is 7.13. The number of aliphatic carboxylic acids is 1. The highest BCUT2D eigenvalue weighted by atomic mass is 32.1. The number of carbonyl (C=O) groups is 1. The van der Waals surface area contributed by atoms with E-state index >= 15 is 0 Å². The first-order chi connectivity index (χ1) is 27.9. The first-order valence-corrected chi connectivity index (χ1v) is 20.4. The van der Waals surface area contributed by atoms with E-state index in [0.29, 0.717) is 24.7 Å². The third-order valence-corrected chi connectivity index (χ3v) is 13.6. The van der Waals surface area contributed by atoms with Gasteiger partial charge in [0.2, 0.25) is 0 Å². The first-order valence-electron chi connectivity index (χ1n) is 19.6. The lowest BCUT2D eigenvalue weighted by Gasteiger charge is -2.48. The highest BCUT2D eigenvalue weighted by Crippen LogP contribution is 2.64. The second-order valence-corrected chi connectivity index (χ2v) is 17.4. The van der Waals surface area contributed by atoms with E-state index in [1.807, 2.05) is 20.8 Å². The van der Waals surface area contributed by atoms with Gasteiger partial charge in [0.15, 0.2) is 11.5 Å². The summed E-state index contributed by atoms with van der Waals surface area (Å²) in [6.07, 6.45) is 0. The van der Waals surface area contributed by atoms with Crippen molar-refractivity contribution in [2.45, 2.75) is 44.4 Å². The normalized spacial score (nSPS) is 21.9. The molecule has 1 unspecified atom stereocenters. The Labute approximate surface area is 336 Å². The topological polar surface area (TPSA) is 65.0 Å². The maximum Gasteiger partial charge on any atom is 0.329 e. The number of benzene rings is 5. The molecule has 1 atom stereocenters. The molecule has 0 saturated carbocycles. The molecule has 278 valence electrons. The summed E-state index contributed by atoms with van der Waals surface area (Å²) in [5, 5.41) is 9.16. The number of fused-ring (bicyclic) bond motifs is 1. The van der Waals surface area contributed by atoms with Gasteiger partial charge in [-0.2, -0.15) is 0 Å². The van der Waals surface area contributed by atoms with Gasteiger partial charge in [-0.3, -0.25) is 0 Å². The summed E-state index contributed by atoms with van der Waals surface area (Å²) in [7, 11) is 0. The van der Waals surface area contributed by atoms with Crippen LogP contribution < -0.4 is 9.47 Å². The van der Waals surface area contributed by atoms with Gasteiger partial charge in [-0.15, -0.1) is 17.3 Å². The van der Waals surface area contributed by atoms with Gasteiger partial charge < -0.3 is 19.3 Å². The van der Waals surface area contributed by atoms with Crippen LogP contribution in [0.15, 0.2) is 97.1 Å². The summed E-state index contributed by atoms with van der Waals surface area (Å²) in [5.74, 6) is 15.2. The van der Waals surface area contributed by atoms with Crippen molar-refractivity contribution >= 4 is 17.3 Å². The van der Waals surface area contributed by atoms with Crippen LogP contribution in [0.5, 0.6) is 11.5 Å². The molecule has 0 fully saturated rings. The minimum atomic E-state index is -0.999. The van der Waals surface area contributed by atoms with Crippen LogP contribution in [-0.2, 0) is 9.53 Å². The molecule has 0 amide bonds. The van der Waals surface area contributed by atoms with Gasteiger partial charge in [-0.25, -0.2) is 4.79 Å². The van der Waals surface area contributed by atoms with Crippen molar-refractivity contribution in [1.82, 2.24) is 0 Å². The molecule has 6 heteroatoms. The van der Waals surface area contributed by atoms with Gasteiger partial charge in [0.05, 0.1) is 25.2 Å². The Balaban J connectivity index is 1.18. The van der Waals surface area contributed by atoms with Gasteiger partial charge in [0, 0.05) is 39.7 Å². The second kappa shape index (κ2) is 12.7. The van der Waals surface area contributed by atoms with E-state index < -0.39 is 11.4 Å². The van der Waals surface area contributed by atoms with Crippen LogP contribution in [0.4, 0.5) is 0 Å². The molecule has 2 heterocycles. The molecule has 1 aliphatic heterocycles. The van der Waals surface area contributed by atoms with Gasteiger partial charge in [0.1, 0.15) is 11.5 Å². The molecule has 13 rings (SSSR count). The van der Waals surface area contributed by atoms with Crippen molar-refractivity contribution in [3.05, 3.63) is 185 Å². The van der Waals surface area contributed by atoms with E-state index in [1.54, 1.807) is 11.3 Å². The number of rotatable bonds is 4. The van der Waals surface area contributed by atoms with Gasteiger partial charge >= 0.3 is 5.97 Å². The van der Waals surface area contributed by atoms with Crippen LogP contribution in [0.25, 0.3) is 0 Å². The molecule has 0 saturated heterocycles. The summed E-state index contributed by atoms with van der Waals surface area (Å²) in [6.45, 7) is 6.51. The average molecular weight is 763 g/mol. The summed E-state index contributed by atoms with van der Waals surface area (Å²) in [6, 6.07) is 35.9. The van der Waals surface area contributed by atoms with E-state index in [1.165, 1.54) is 66.8 Å². The number of hydrogen-bond donors (Lipinski definition) is 1. The third kappa shape index (κ3) is 4.91. The average Bonchev–Trinajstić information content (AvgIpc) is 3.42. The van der Waals surface area contributed by atoms with E-state index in [-0.39, 0.29) is 36.9 Å². The van der Waals surface area contributed by atoms with Crippen molar-refractivity contribution in [2.24, 2.45) is 5.41 Å². The molecule has 57 heavy (non-hydrogen) atoms. The molecule has 0 radical (unpaired) electrons. The third-order valence-electron chi connectivity index (χ3n) is 12.6. The maximum atomic E-state index is 11.2. The lowest BCUT2D eigenvalue weighted by atomic mass is 9.53. The summed E-state index contributed by atoms with van der Waals surface area (Å²) < 4.78 is 18.5. The van der Waals surface area contributed by atoms with Crippen LogP contribution in [0.3, 0.4) is 0 Å². The monoisotopic (exact) mass is 762 g/mol. The fourth-order valence-electron chi connectivity index (χ4n) is 10.5. The molecule has 0 spiro atoms. The smallest absolute Gasteiger partial charge is 0.329 e. The van der Waals surface area contributed by atoms with Crippen LogP contribution in [0.1, 0.15) is 125 Å². The Hall–Kier alpha value is -6.05. The largest absolute Gasteiger partial charge is 0.488 e. The number of hydrogen-bond acceptors (Lipinski definition) is 5. The predicted molar refractivity (Wildman–Crippen MR) is 221 cm³/mol. The number of aryl methyl sites for hydroxylation is 1. The zero-order valence-corrected chi connectivity index (χ0v) is 32.7. The Kier molecular flexibility index (Phi) is 7.64. The van der Waals surface area contributed by atoms with Crippen LogP contribution in [0, 0.1) is 36.0 Å². The first kappa shape index (κ1) is 34.2. The fourth-order valence-corrected chi connectivity index (χ4v) is 11.4. The van der Waals surface area contributed by atoms with E-state index in [4.69, 9.17) is 19.3 Å². The molecule has 5 nitrogen and oxygen atoms in total. The van der Waals surface area contributed by atoms with Gasteiger partial charge in [0.25, 0.3) is 0 Å². The Morgan fingerprint density at radius 1 is 0.667 bits per heavy atom. The van der Waals surface area contributed by atoms with Crippen LogP contribution in [-0.4, -0.2) is 37.5 Å². The molecule has 4 bridgehead atoms. The standard InChI is InChI=1S/C51H38O5S/c1-4-13-37-45-41-29-14-5-9-18-33(29)43(34-19-10-6-15-30(34)41)47(45)38(48-44-35-20-11-7-16-31(35)42(46(37)48)32-17-8-12-21-36(32)44)22-23-39-50-49(28(2)57-39)55-26-51(3,27-56-50)25-54-24-40(52)53/h5-12,14-21,41-44H,24-27H2,1-3H3,(H,52,53). The lowest BCUT2D eigenvalue weighted by Crippen LogP contribution is -2.35. The zero-order valence-electron chi connectivity index (χ0n) is 31.9. The Morgan fingerprint density at radius 3 is 1.44 bits per heavy atom. The fraction of sp³-hybridized carbons (Fsp3) is 0.235. The maximum absolute atomic E-state index is 11.2. The minimum Gasteiger partial charge on any atom is -0.488 e. The number of carboxylic acids is 1. The summed E-state index contributed by atoms with van der Waals surface area (Å²) in [5.41, 5.74) is 17.7. The van der Waals surface area contributed by atoms with Gasteiger partial charge in [-0.05, 0) is 86.5 Å². The Bertz CT molecular complexity index is 2640. The molecular formula is C51H38O5S. The van der Waals surface area contributed by atoms with Crippen LogP contribution in [0.2, 0.25) is 0 Å². The van der Waals surface area contributed by atoms with Crippen molar-refractivity contribution in [3.63, 3.8) is 0 Å². The van der Waals surface area contributed by atoms with E-state index in [0.717, 1.165) is 20.9 Å². The second-order valence-electron chi connectivity index (χ2n) is 16.2. The predicted octanol–water partition coefficient (Wildman–Crippen LogP) is 9.68. The van der Waals surface area contributed by atoms with Crippen molar-refractivity contribution in [3.8, 4) is 35.2 Å². The SMILES string of the molecule is CC#Cc1c2c(c(C#Cc3sc(C)c4c3OCC(C)(COCC(=O)O)CO4)c3c1C1c4ccccc4C3c3ccccc31)C1c3ccccc3C2c2ccccc21. The summed E-state index contributed by atoms with van der Waals surface area (Å²) in [4.78, 5) is 13.0. The number of carboxylic acid groups (broad SMARTS) is 1. The van der Waals surface area contributed by atoms with E-state index in [9.17, 15) is 4.79 Å². The molecular weight excluding hydrogens is 725 g/mol. The molecule has 6 aliphatic carbocycles.